The van der Waals surface area contributed by atoms with Crippen LogP contribution in [0, 0.1) is 22.7 Å². The molecule has 0 spiro atoms. The molecule has 30 heavy (non-hydrogen) atoms. The Labute approximate surface area is 181 Å². The number of ether oxygens (including phenoxy) is 4. The normalized spacial score (nSPS) is 35.9. The van der Waals surface area contributed by atoms with Crippen LogP contribution in [0.2, 0.25) is 0 Å². The molecule has 2 fully saturated rings. The summed E-state index contributed by atoms with van der Waals surface area (Å²) in [5, 5.41) is 0. The maximum Gasteiger partial charge on any atom is 0.509 e. The van der Waals surface area contributed by atoms with E-state index in [0.29, 0.717) is 6.42 Å². The number of cyclic esters (lactones) is 2. The standard InChI is InChI=1S/C25H36O5/c1-8-14-23(4,5)25(16-12-17(2)3)21(29-22(26)30-25)18-10-9-11-19-24(18,6)15-13-20(27-7)28-19/h10,12,19-21H,9,11,13,15-16H2,1-7H3/t19-,20-,21-,24-,25+/m0/s1. The van der Waals surface area contributed by atoms with E-state index in [2.05, 4.69) is 44.8 Å². The quantitative estimate of drug-likeness (QED) is 0.334. The number of carbonyl (C=O) groups excluding carboxylic acids is 1. The van der Waals surface area contributed by atoms with Crippen LogP contribution >= 0.6 is 0 Å². The van der Waals surface area contributed by atoms with Crippen molar-refractivity contribution in [1.29, 1.82) is 0 Å². The number of rotatable bonds is 5. The fourth-order valence-corrected chi connectivity index (χ4v) is 5.27. The first-order chi connectivity index (χ1) is 14.1. The lowest BCUT2D eigenvalue weighted by Crippen LogP contribution is -2.57. The van der Waals surface area contributed by atoms with Gasteiger partial charge in [0, 0.05) is 18.9 Å². The third kappa shape index (κ3) is 3.81. The number of allylic oxidation sites excluding steroid dienone is 2. The second-order valence-electron chi connectivity index (χ2n) is 9.71. The maximum atomic E-state index is 12.6. The molecule has 5 heteroatoms. The minimum Gasteiger partial charge on any atom is -0.422 e. The van der Waals surface area contributed by atoms with Crippen molar-refractivity contribution in [3.63, 3.8) is 0 Å². The van der Waals surface area contributed by atoms with Crippen LogP contribution in [0.4, 0.5) is 4.79 Å². The van der Waals surface area contributed by atoms with Crippen LogP contribution in [0.25, 0.3) is 0 Å². The summed E-state index contributed by atoms with van der Waals surface area (Å²) in [4.78, 5) is 12.6. The van der Waals surface area contributed by atoms with E-state index < -0.39 is 23.3 Å². The van der Waals surface area contributed by atoms with Crippen molar-refractivity contribution < 1.29 is 23.7 Å². The molecule has 5 nitrogen and oxygen atoms in total. The van der Waals surface area contributed by atoms with Gasteiger partial charge in [-0.05, 0) is 65.9 Å². The molecular formula is C25H36O5. The first-order valence-electron chi connectivity index (χ1n) is 11.0. The zero-order chi connectivity index (χ0) is 22.2. The fourth-order valence-electron chi connectivity index (χ4n) is 5.27. The van der Waals surface area contributed by atoms with Gasteiger partial charge < -0.3 is 18.9 Å². The van der Waals surface area contributed by atoms with Crippen molar-refractivity contribution in [2.75, 3.05) is 7.11 Å². The van der Waals surface area contributed by atoms with E-state index in [1.165, 1.54) is 5.57 Å². The first-order valence-corrected chi connectivity index (χ1v) is 11.0. The van der Waals surface area contributed by atoms with Gasteiger partial charge >= 0.3 is 6.16 Å². The second-order valence-corrected chi connectivity index (χ2v) is 9.71. The Morgan fingerprint density at radius 2 is 2.10 bits per heavy atom. The molecule has 166 valence electrons. The van der Waals surface area contributed by atoms with E-state index in [0.717, 1.165) is 31.3 Å². The maximum absolute atomic E-state index is 12.6. The van der Waals surface area contributed by atoms with Crippen LogP contribution in [-0.2, 0) is 18.9 Å². The lowest BCUT2D eigenvalue weighted by atomic mass is 9.60. The van der Waals surface area contributed by atoms with Gasteiger partial charge in [0.05, 0.1) is 11.5 Å². The van der Waals surface area contributed by atoms with E-state index in [-0.39, 0.29) is 17.8 Å². The van der Waals surface area contributed by atoms with Gasteiger partial charge in [-0.15, -0.1) is 5.92 Å². The highest BCUT2D eigenvalue weighted by molar-refractivity contribution is 5.65. The highest BCUT2D eigenvalue weighted by Gasteiger charge is 2.63. The SMILES string of the molecule is CC#CC(C)(C)[C@]1(CC=C(C)C)OC(=O)O[C@H]1C1=CCC[C@@H]2O[C@H](OC)CC[C@@]12C. The van der Waals surface area contributed by atoms with E-state index in [4.69, 9.17) is 18.9 Å². The largest absolute Gasteiger partial charge is 0.509 e. The summed E-state index contributed by atoms with van der Waals surface area (Å²) in [6.07, 6.45) is 7.16. The van der Waals surface area contributed by atoms with Gasteiger partial charge in [-0.2, -0.15) is 0 Å². The smallest absolute Gasteiger partial charge is 0.422 e. The number of fused-ring (bicyclic) bond motifs is 1. The minimum absolute atomic E-state index is 0.0250. The molecule has 0 aromatic heterocycles. The summed E-state index contributed by atoms with van der Waals surface area (Å²) in [6.45, 7) is 12.2. The molecule has 0 aromatic carbocycles. The number of hydrogen-bond donors (Lipinski definition) is 0. The van der Waals surface area contributed by atoms with Gasteiger partial charge in [-0.25, -0.2) is 4.79 Å². The third-order valence-electron chi connectivity index (χ3n) is 7.14. The average molecular weight is 417 g/mol. The van der Waals surface area contributed by atoms with Gasteiger partial charge in [0.25, 0.3) is 0 Å². The van der Waals surface area contributed by atoms with Crippen LogP contribution in [0.3, 0.4) is 0 Å². The lowest BCUT2D eigenvalue weighted by molar-refractivity contribution is -0.218. The number of hydrogen-bond acceptors (Lipinski definition) is 5. The van der Waals surface area contributed by atoms with Gasteiger partial charge in [0.15, 0.2) is 18.0 Å². The fraction of sp³-hybridized carbons (Fsp3) is 0.720. The van der Waals surface area contributed by atoms with Crippen molar-refractivity contribution >= 4 is 6.16 Å². The number of carbonyl (C=O) groups is 1. The van der Waals surface area contributed by atoms with Crippen molar-refractivity contribution in [2.24, 2.45) is 10.8 Å². The molecule has 0 bridgehead atoms. The Balaban J connectivity index is 2.09. The summed E-state index contributed by atoms with van der Waals surface area (Å²) >= 11 is 0. The molecule has 2 heterocycles. The van der Waals surface area contributed by atoms with E-state index in [9.17, 15) is 4.79 Å². The molecule has 0 amide bonds. The molecular weight excluding hydrogens is 380 g/mol. The first kappa shape index (κ1) is 22.9. The molecule has 3 rings (SSSR count). The molecule has 0 N–H and O–H groups in total. The van der Waals surface area contributed by atoms with Gasteiger partial charge in [0.2, 0.25) is 0 Å². The third-order valence-corrected chi connectivity index (χ3v) is 7.14. The zero-order valence-electron chi connectivity index (χ0n) is 19.5. The Morgan fingerprint density at radius 3 is 2.73 bits per heavy atom. The zero-order valence-corrected chi connectivity index (χ0v) is 19.5. The Bertz CT molecular complexity index is 794. The van der Waals surface area contributed by atoms with Crippen molar-refractivity contribution in [3.05, 3.63) is 23.3 Å². The van der Waals surface area contributed by atoms with Crippen LogP contribution in [0.1, 0.15) is 73.6 Å². The summed E-state index contributed by atoms with van der Waals surface area (Å²) < 4.78 is 23.7. The Morgan fingerprint density at radius 1 is 1.37 bits per heavy atom. The van der Waals surface area contributed by atoms with Crippen LogP contribution in [-0.4, -0.2) is 37.4 Å². The van der Waals surface area contributed by atoms with Crippen molar-refractivity contribution in [2.45, 2.75) is 97.7 Å². The molecule has 0 aromatic rings. The van der Waals surface area contributed by atoms with Crippen LogP contribution < -0.4 is 0 Å². The lowest BCUT2D eigenvalue weighted by Gasteiger charge is -2.51. The van der Waals surface area contributed by atoms with E-state index >= 15 is 0 Å². The van der Waals surface area contributed by atoms with E-state index in [1.54, 1.807) is 7.11 Å². The Hall–Kier alpha value is -1.77. The highest BCUT2D eigenvalue weighted by Crippen LogP contribution is 2.55. The molecule has 1 aliphatic carbocycles. The molecule has 0 radical (unpaired) electrons. The summed E-state index contributed by atoms with van der Waals surface area (Å²) in [5.74, 6) is 6.34. The van der Waals surface area contributed by atoms with Crippen molar-refractivity contribution in [3.8, 4) is 11.8 Å². The summed E-state index contributed by atoms with van der Waals surface area (Å²) in [5.41, 5.74) is 0.533. The monoisotopic (exact) mass is 416 g/mol. The average Bonchev–Trinajstić information content (AvgIpc) is 3.03. The van der Waals surface area contributed by atoms with Gasteiger partial charge in [0.1, 0.15) is 0 Å². The predicted octanol–water partition coefficient (Wildman–Crippen LogP) is 5.54. The molecule has 0 unspecified atom stereocenters. The predicted molar refractivity (Wildman–Crippen MR) is 116 cm³/mol. The second kappa shape index (κ2) is 8.40. The van der Waals surface area contributed by atoms with Gasteiger partial charge in [-0.3, -0.25) is 0 Å². The number of methoxy groups -OCH3 is 1. The molecule has 0 saturated carbocycles. The van der Waals surface area contributed by atoms with E-state index in [1.807, 2.05) is 20.8 Å². The van der Waals surface area contributed by atoms with Gasteiger partial charge in [-0.1, -0.05) is 30.6 Å². The molecule has 2 saturated heterocycles. The van der Waals surface area contributed by atoms with Crippen LogP contribution in [0.5, 0.6) is 0 Å². The molecule has 5 atom stereocenters. The highest BCUT2D eigenvalue weighted by atomic mass is 16.8. The van der Waals surface area contributed by atoms with Crippen LogP contribution in [0.15, 0.2) is 23.3 Å². The molecule has 3 aliphatic rings. The minimum atomic E-state index is -0.904. The summed E-state index contributed by atoms with van der Waals surface area (Å²) in [7, 11) is 1.69. The Kier molecular flexibility index (Phi) is 6.41. The topological polar surface area (TPSA) is 54.0 Å². The molecule has 2 aliphatic heterocycles. The summed E-state index contributed by atoms with van der Waals surface area (Å²) in [6, 6.07) is 0. The van der Waals surface area contributed by atoms with Crippen molar-refractivity contribution in [1.82, 2.24) is 0 Å².